The van der Waals surface area contributed by atoms with Gasteiger partial charge in [-0.25, -0.2) is 4.39 Å². The molecule has 0 aliphatic carbocycles. The van der Waals surface area contributed by atoms with Crippen molar-refractivity contribution in [1.29, 1.82) is 0 Å². The van der Waals surface area contributed by atoms with Gasteiger partial charge in [0.1, 0.15) is 5.82 Å². The fourth-order valence-corrected chi connectivity index (χ4v) is 3.11. The monoisotopic (exact) mass is 414 g/mol. The summed E-state index contributed by atoms with van der Waals surface area (Å²) in [5.41, 5.74) is 7.79. The second kappa shape index (κ2) is 8.99. The molecule has 4 nitrogen and oxygen atoms in total. The lowest BCUT2D eigenvalue weighted by molar-refractivity contribution is 0.626. The van der Waals surface area contributed by atoms with Crippen LogP contribution in [0.15, 0.2) is 59.8 Å². The van der Waals surface area contributed by atoms with Gasteiger partial charge in [-0.15, -0.1) is 0 Å². The SMILES string of the molecule is Cc1cccc(NC(=S)NN=Cc2cccn2Cc2ccc(F)cc2Cl)c1C. The summed E-state index contributed by atoms with van der Waals surface area (Å²) in [6.07, 6.45) is 3.59. The molecule has 144 valence electrons. The standard InChI is InChI=1S/C21H20ClFN4S/c1-14-5-3-7-20(15(14)2)25-21(28)26-24-12-18-6-4-10-27(18)13-16-8-9-17(23)11-19(16)22/h3-12H,13H2,1-2H3,(H2,25,26,28). The second-order valence-corrected chi connectivity index (χ2v) is 7.18. The molecule has 0 saturated carbocycles. The second-order valence-electron chi connectivity index (χ2n) is 6.37. The Morgan fingerprint density at radius 2 is 2.04 bits per heavy atom. The summed E-state index contributed by atoms with van der Waals surface area (Å²) in [6, 6.07) is 14.2. The largest absolute Gasteiger partial charge is 0.342 e. The Morgan fingerprint density at radius 3 is 2.82 bits per heavy atom. The number of nitrogens with zero attached hydrogens (tertiary/aromatic N) is 2. The highest BCUT2D eigenvalue weighted by molar-refractivity contribution is 7.80. The van der Waals surface area contributed by atoms with Crippen LogP contribution in [-0.2, 0) is 6.54 Å². The van der Waals surface area contributed by atoms with Crippen LogP contribution in [0.5, 0.6) is 0 Å². The van der Waals surface area contributed by atoms with E-state index < -0.39 is 0 Å². The summed E-state index contributed by atoms with van der Waals surface area (Å²) < 4.78 is 15.2. The van der Waals surface area contributed by atoms with Crippen molar-refractivity contribution in [2.75, 3.05) is 5.32 Å². The highest BCUT2D eigenvalue weighted by Crippen LogP contribution is 2.19. The minimum Gasteiger partial charge on any atom is -0.342 e. The Kier molecular flexibility index (Phi) is 6.44. The lowest BCUT2D eigenvalue weighted by atomic mass is 10.1. The molecule has 28 heavy (non-hydrogen) atoms. The summed E-state index contributed by atoms with van der Waals surface area (Å²) in [5.74, 6) is -0.350. The zero-order valence-electron chi connectivity index (χ0n) is 15.5. The van der Waals surface area contributed by atoms with Gasteiger partial charge in [0.25, 0.3) is 0 Å². The van der Waals surface area contributed by atoms with Crippen molar-refractivity contribution in [3.63, 3.8) is 0 Å². The predicted molar refractivity (Wildman–Crippen MR) is 118 cm³/mol. The first-order chi connectivity index (χ1) is 13.4. The molecule has 0 saturated heterocycles. The van der Waals surface area contributed by atoms with Crippen LogP contribution in [0.2, 0.25) is 5.02 Å². The van der Waals surface area contributed by atoms with Gasteiger partial charge in [0.2, 0.25) is 0 Å². The van der Waals surface area contributed by atoms with Crippen molar-refractivity contribution in [3.8, 4) is 0 Å². The summed E-state index contributed by atoms with van der Waals surface area (Å²) in [5, 5.41) is 8.16. The Hall–Kier alpha value is -2.70. The summed E-state index contributed by atoms with van der Waals surface area (Å²) in [4.78, 5) is 0. The number of halogens is 2. The van der Waals surface area contributed by atoms with Gasteiger partial charge in [-0.05, 0) is 73.1 Å². The van der Waals surface area contributed by atoms with E-state index in [1.807, 2.05) is 42.0 Å². The van der Waals surface area contributed by atoms with Crippen molar-refractivity contribution < 1.29 is 4.39 Å². The molecule has 0 atom stereocenters. The van der Waals surface area contributed by atoms with E-state index in [2.05, 4.69) is 28.8 Å². The number of hydrogen-bond donors (Lipinski definition) is 2. The number of aromatic nitrogens is 1. The molecule has 0 aliphatic heterocycles. The first kappa shape index (κ1) is 20.0. The van der Waals surface area contributed by atoms with Crippen LogP contribution in [-0.4, -0.2) is 15.9 Å². The quantitative estimate of drug-likeness (QED) is 0.339. The maximum Gasteiger partial charge on any atom is 0.191 e. The van der Waals surface area contributed by atoms with Crippen molar-refractivity contribution in [2.45, 2.75) is 20.4 Å². The van der Waals surface area contributed by atoms with Gasteiger partial charge in [-0.3, -0.25) is 5.43 Å². The van der Waals surface area contributed by atoms with E-state index in [-0.39, 0.29) is 5.82 Å². The smallest absolute Gasteiger partial charge is 0.191 e. The number of nitrogens with one attached hydrogen (secondary N) is 2. The number of thiocarbonyl (C=S) groups is 1. The van der Waals surface area contributed by atoms with E-state index in [0.29, 0.717) is 16.7 Å². The molecule has 3 aromatic rings. The molecule has 0 unspecified atom stereocenters. The van der Waals surface area contributed by atoms with Gasteiger partial charge in [0.05, 0.1) is 11.9 Å². The molecule has 7 heteroatoms. The first-order valence-electron chi connectivity index (χ1n) is 8.69. The minimum absolute atomic E-state index is 0.350. The third kappa shape index (κ3) is 4.97. The predicted octanol–water partition coefficient (Wildman–Crippen LogP) is 5.27. The van der Waals surface area contributed by atoms with Crippen LogP contribution in [0.1, 0.15) is 22.4 Å². The van der Waals surface area contributed by atoms with E-state index in [9.17, 15) is 4.39 Å². The van der Waals surface area contributed by atoms with E-state index in [0.717, 1.165) is 22.5 Å². The lowest BCUT2D eigenvalue weighted by Gasteiger charge is -2.11. The minimum atomic E-state index is -0.350. The highest BCUT2D eigenvalue weighted by Gasteiger charge is 2.06. The average Bonchev–Trinajstić information content (AvgIpc) is 3.08. The van der Waals surface area contributed by atoms with Gasteiger partial charge in [-0.2, -0.15) is 5.10 Å². The van der Waals surface area contributed by atoms with Gasteiger partial charge in [0.15, 0.2) is 5.11 Å². The van der Waals surface area contributed by atoms with E-state index >= 15 is 0 Å². The van der Waals surface area contributed by atoms with E-state index in [1.54, 1.807) is 12.3 Å². The third-order valence-electron chi connectivity index (χ3n) is 4.44. The first-order valence-corrected chi connectivity index (χ1v) is 9.48. The fourth-order valence-electron chi connectivity index (χ4n) is 2.72. The molecule has 0 spiro atoms. The zero-order valence-corrected chi connectivity index (χ0v) is 17.1. The normalized spacial score (nSPS) is 11.0. The van der Waals surface area contributed by atoms with Crippen molar-refractivity contribution >= 4 is 40.8 Å². The Morgan fingerprint density at radius 1 is 1.21 bits per heavy atom. The summed E-state index contributed by atoms with van der Waals surface area (Å²) >= 11 is 11.4. The molecule has 2 N–H and O–H groups in total. The molecule has 0 bridgehead atoms. The lowest BCUT2D eigenvalue weighted by Crippen LogP contribution is -2.24. The number of anilines is 1. The van der Waals surface area contributed by atoms with Crippen LogP contribution >= 0.6 is 23.8 Å². The summed E-state index contributed by atoms with van der Waals surface area (Å²) in [6.45, 7) is 4.60. The van der Waals surface area contributed by atoms with Crippen LogP contribution in [0.25, 0.3) is 0 Å². The van der Waals surface area contributed by atoms with Crippen molar-refractivity contribution in [3.05, 3.63) is 88.0 Å². The number of benzene rings is 2. The van der Waals surface area contributed by atoms with Crippen LogP contribution in [0.4, 0.5) is 10.1 Å². The molecule has 1 aromatic heterocycles. The Balaban J connectivity index is 1.63. The molecule has 0 aliphatic rings. The topological polar surface area (TPSA) is 41.4 Å². The molecular weight excluding hydrogens is 395 g/mol. The van der Waals surface area contributed by atoms with Crippen molar-refractivity contribution in [2.24, 2.45) is 5.10 Å². The van der Waals surface area contributed by atoms with E-state index in [4.69, 9.17) is 23.8 Å². The highest BCUT2D eigenvalue weighted by atomic mass is 35.5. The molecule has 1 heterocycles. The van der Waals surface area contributed by atoms with Crippen LogP contribution < -0.4 is 10.7 Å². The fraction of sp³-hybridized carbons (Fsp3) is 0.143. The van der Waals surface area contributed by atoms with Gasteiger partial charge in [0, 0.05) is 23.5 Å². The number of hydrogen-bond acceptors (Lipinski definition) is 2. The average molecular weight is 415 g/mol. The van der Waals surface area contributed by atoms with Crippen molar-refractivity contribution in [1.82, 2.24) is 9.99 Å². The molecule has 0 radical (unpaired) electrons. The number of hydrazone groups is 1. The van der Waals surface area contributed by atoms with Gasteiger partial charge in [-0.1, -0.05) is 29.8 Å². The maximum atomic E-state index is 13.2. The third-order valence-corrected chi connectivity index (χ3v) is 4.98. The molecule has 3 rings (SSSR count). The maximum absolute atomic E-state index is 13.2. The van der Waals surface area contributed by atoms with Crippen LogP contribution in [0, 0.1) is 19.7 Å². The molecular formula is C21H20ClFN4S. The zero-order chi connectivity index (χ0) is 20.1. The number of rotatable bonds is 5. The molecule has 0 fully saturated rings. The van der Waals surface area contributed by atoms with Crippen LogP contribution in [0.3, 0.4) is 0 Å². The van der Waals surface area contributed by atoms with E-state index in [1.165, 1.54) is 17.7 Å². The summed E-state index contributed by atoms with van der Waals surface area (Å²) in [7, 11) is 0. The molecule has 0 amide bonds. The van der Waals surface area contributed by atoms with Gasteiger partial charge < -0.3 is 9.88 Å². The van der Waals surface area contributed by atoms with Gasteiger partial charge >= 0.3 is 0 Å². The number of aryl methyl sites for hydroxylation is 1. The Labute approximate surface area is 174 Å². The molecule has 2 aromatic carbocycles. The Bertz CT molecular complexity index is 1030.